The summed E-state index contributed by atoms with van der Waals surface area (Å²) in [6, 6.07) is 0. The summed E-state index contributed by atoms with van der Waals surface area (Å²) in [5, 5.41) is 0. The third-order valence-electron chi connectivity index (χ3n) is 4.59. The van der Waals surface area contributed by atoms with Crippen molar-refractivity contribution < 1.29 is 27.7 Å². The summed E-state index contributed by atoms with van der Waals surface area (Å²) in [5.41, 5.74) is 0. The van der Waals surface area contributed by atoms with Gasteiger partial charge in [-0.05, 0) is 19.3 Å². The molecule has 0 spiro atoms. The van der Waals surface area contributed by atoms with E-state index >= 15 is 0 Å². The summed E-state index contributed by atoms with van der Waals surface area (Å²) in [6.45, 7) is 5.05. The predicted octanol–water partition coefficient (Wildman–Crippen LogP) is 4.91. The Kier molecular flexibility index (Phi) is 17.9. The van der Waals surface area contributed by atoms with Gasteiger partial charge in [0.1, 0.15) is 13.2 Å². The van der Waals surface area contributed by atoms with E-state index in [0.29, 0.717) is 11.0 Å². The number of phosphoric ester groups is 1. The van der Waals surface area contributed by atoms with Gasteiger partial charge in [-0.2, -0.15) is 0 Å². The van der Waals surface area contributed by atoms with E-state index in [1.165, 1.54) is 51.4 Å². The van der Waals surface area contributed by atoms with E-state index in [0.717, 1.165) is 38.9 Å². The zero-order chi connectivity index (χ0) is 21.1. The zero-order valence-corrected chi connectivity index (χ0v) is 19.9. The third kappa shape index (κ3) is 22.3. The average molecular weight is 424 g/mol. The molecular formula is C21H46NO5P. The summed E-state index contributed by atoms with van der Waals surface area (Å²) < 4.78 is 27.7. The van der Waals surface area contributed by atoms with E-state index in [9.17, 15) is 9.46 Å². The number of unbranched alkanes of at least 4 members (excludes halogenated alkanes) is 10. The van der Waals surface area contributed by atoms with Crippen molar-refractivity contribution in [2.45, 2.75) is 84.0 Å². The van der Waals surface area contributed by atoms with Crippen LogP contribution < -0.4 is 4.89 Å². The van der Waals surface area contributed by atoms with Crippen LogP contribution in [0.25, 0.3) is 0 Å². The second-order valence-electron chi connectivity index (χ2n) is 8.63. The number of hydrogen-bond acceptors (Lipinski definition) is 5. The Morgan fingerprint density at radius 2 is 1.11 bits per heavy atom. The molecular weight excluding hydrogens is 377 g/mol. The van der Waals surface area contributed by atoms with Gasteiger partial charge in [0.2, 0.25) is 0 Å². The lowest BCUT2D eigenvalue weighted by Gasteiger charge is -2.27. The molecule has 0 heterocycles. The normalized spacial score (nSPS) is 14.3. The minimum Gasteiger partial charge on any atom is -0.756 e. The molecule has 1 unspecified atom stereocenters. The molecule has 6 nitrogen and oxygen atoms in total. The van der Waals surface area contributed by atoms with Crippen molar-refractivity contribution in [3.05, 3.63) is 0 Å². The zero-order valence-electron chi connectivity index (χ0n) is 19.0. The SMILES string of the molecule is CCCCCCOCCCCCCCCCCOP(=O)([O-])OCC[N+](C)(C)C. The fourth-order valence-electron chi connectivity index (χ4n) is 2.74. The van der Waals surface area contributed by atoms with Gasteiger partial charge in [0.25, 0.3) is 7.82 Å². The molecule has 0 rings (SSSR count). The topological polar surface area (TPSA) is 67.8 Å². The first-order chi connectivity index (χ1) is 13.3. The molecule has 0 fully saturated rings. The second-order valence-corrected chi connectivity index (χ2v) is 10.0. The quantitative estimate of drug-likeness (QED) is 0.149. The fourth-order valence-corrected chi connectivity index (χ4v) is 3.47. The molecule has 0 saturated heterocycles. The molecule has 0 amide bonds. The molecule has 28 heavy (non-hydrogen) atoms. The fraction of sp³-hybridized carbons (Fsp3) is 1.00. The molecule has 0 aromatic carbocycles. The van der Waals surface area contributed by atoms with Crippen LogP contribution in [0.2, 0.25) is 0 Å². The Balaban J connectivity index is 3.29. The van der Waals surface area contributed by atoms with E-state index in [1.54, 1.807) is 0 Å². The molecule has 170 valence electrons. The number of likely N-dealkylation sites (N-methyl/N-ethyl adjacent to an activating group) is 1. The molecule has 0 saturated carbocycles. The lowest BCUT2D eigenvalue weighted by atomic mass is 10.1. The Labute approximate surface area is 174 Å². The molecule has 0 aliphatic carbocycles. The van der Waals surface area contributed by atoms with Crippen molar-refractivity contribution in [1.82, 2.24) is 0 Å². The average Bonchev–Trinajstić information content (AvgIpc) is 2.60. The largest absolute Gasteiger partial charge is 0.756 e. The van der Waals surface area contributed by atoms with Crippen molar-refractivity contribution in [3.63, 3.8) is 0 Å². The van der Waals surface area contributed by atoms with Gasteiger partial charge in [-0.1, -0.05) is 64.7 Å². The molecule has 7 heteroatoms. The highest BCUT2D eigenvalue weighted by Gasteiger charge is 2.12. The van der Waals surface area contributed by atoms with Crippen LogP contribution in [0.15, 0.2) is 0 Å². The van der Waals surface area contributed by atoms with Crippen LogP contribution in [0.1, 0.15) is 84.0 Å². The predicted molar refractivity (Wildman–Crippen MR) is 114 cm³/mol. The van der Waals surface area contributed by atoms with Gasteiger partial charge < -0.3 is 23.2 Å². The highest BCUT2D eigenvalue weighted by Crippen LogP contribution is 2.38. The van der Waals surface area contributed by atoms with Crippen molar-refractivity contribution in [2.24, 2.45) is 0 Å². The maximum atomic E-state index is 11.6. The van der Waals surface area contributed by atoms with Crippen molar-refractivity contribution in [1.29, 1.82) is 0 Å². The van der Waals surface area contributed by atoms with Crippen LogP contribution >= 0.6 is 7.82 Å². The summed E-state index contributed by atoms with van der Waals surface area (Å²) in [6.07, 6.45) is 14.1. The molecule has 0 bridgehead atoms. The molecule has 0 radical (unpaired) electrons. The highest BCUT2D eigenvalue weighted by atomic mass is 31.2. The van der Waals surface area contributed by atoms with E-state index in [-0.39, 0.29) is 13.2 Å². The summed E-state index contributed by atoms with van der Waals surface area (Å²) in [5.74, 6) is 0. The van der Waals surface area contributed by atoms with E-state index in [1.807, 2.05) is 21.1 Å². The van der Waals surface area contributed by atoms with Gasteiger partial charge in [-0.15, -0.1) is 0 Å². The number of rotatable bonds is 21. The Morgan fingerprint density at radius 3 is 1.61 bits per heavy atom. The minimum absolute atomic E-state index is 0.161. The Bertz CT molecular complexity index is 387. The summed E-state index contributed by atoms with van der Waals surface area (Å²) in [4.78, 5) is 11.6. The number of quaternary nitrogens is 1. The van der Waals surface area contributed by atoms with Gasteiger partial charge in [0.05, 0.1) is 27.7 Å². The van der Waals surface area contributed by atoms with E-state index in [2.05, 4.69) is 6.92 Å². The first-order valence-corrected chi connectivity index (χ1v) is 12.7. The van der Waals surface area contributed by atoms with Gasteiger partial charge in [0, 0.05) is 13.2 Å². The van der Waals surface area contributed by atoms with Gasteiger partial charge in [-0.25, -0.2) is 0 Å². The minimum atomic E-state index is -4.14. The Morgan fingerprint density at radius 1 is 0.679 bits per heavy atom. The molecule has 1 atom stereocenters. The highest BCUT2D eigenvalue weighted by molar-refractivity contribution is 7.45. The molecule has 0 aromatic heterocycles. The van der Waals surface area contributed by atoms with Crippen molar-refractivity contribution in [2.75, 3.05) is 54.1 Å². The number of ether oxygens (including phenoxy) is 1. The second kappa shape index (κ2) is 17.9. The number of hydrogen-bond donors (Lipinski definition) is 0. The maximum Gasteiger partial charge on any atom is 0.268 e. The number of phosphoric acid groups is 1. The van der Waals surface area contributed by atoms with E-state index in [4.69, 9.17) is 13.8 Å². The van der Waals surface area contributed by atoms with Crippen molar-refractivity contribution >= 4 is 7.82 Å². The van der Waals surface area contributed by atoms with Crippen LogP contribution in [0.4, 0.5) is 0 Å². The lowest BCUT2D eigenvalue weighted by Crippen LogP contribution is -2.37. The third-order valence-corrected chi connectivity index (χ3v) is 5.58. The molecule has 0 aromatic rings. The monoisotopic (exact) mass is 423 g/mol. The Hall–Kier alpha value is 0.0300. The first kappa shape index (κ1) is 28.0. The molecule has 0 N–H and O–H groups in total. The van der Waals surface area contributed by atoms with Crippen LogP contribution in [-0.2, 0) is 18.3 Å². The summed E-state index contributed by atoms with van der Waals surface area (Å²) >= 11 is 0. The van der Waals surface area contributed by atoms with Crippen LogP contribution in [0.3, 0.4) is 0 Å². The van der Waals surface area contributed by atoms with Gasteiger partial charge in [0.15, 0.2) is 0 Å². The first-order valence-electron chi connectivity index (χ1n) is 11.2. The van der Waals surface area contributed by atoms with Gasteiger partial charge >= 0.3 is 0 Å². The van der Waals surface area contributed by atoms with Gasteiger partial charge in [-0.3, -0.25) is 4.57 Å². The van der Waals surface area contributed by atoms with Crippen LogP contribution in [-0.4, -0.2) is 58.6 Å². The van der Waals surface area contributed by atoms with Crippen LogP contribution in [0, 0.1) is 0 Å². The standard InChI is InChI=1S/C21H46NO5P/c1-5-6-7-14-18-25-19-15-12-10-8-9-11-13-16-20-26-28(23,24)27-21-17-22(2,3)4/h5-21H2,1-4H3. The summed E-state index contributed by atoms with van der Waals surface area (Å²) in [7, 11) is 1.83. The number of nitrogens with zero attached hydrogens (tertiary/aromatic N) is 1. The van der Waals surface area contributed by atoms with E-state index < -0.39 is 7.82 Å². The van der Waals surface area contributed by atoms with Crippen LogP contribution in [0.5, 0.6) is 0 Å². The lowest BCUT2D eigenvalue weighted by molar-refractivity contribution is -0.870. The smallest absolute Gasteiger partial charge is 0.268 e. The molecule has 0 aliphatic rings. The maximum absolute atomic E-state index is 11.6. The van der Waals surface area contributed by atoms with Crippen molar-refractivity contribution in [3.8, 4) is 0 Å². The molecule has 0 aliphatic heterocycles.